The molecular weight excluding hydrogens is 332 g/mol. The van der Waals surface area contributed by atoms with E-state index in [-0.39, 0.29) is 11.9 Å². The minimum atomic E-state index is -0.895. The van der Waals surface area contributed by atoms with Gasteiger partial charge in [-0.15, -0.1) is 0 Å². The Balaban J connectivity index is 1.41. The van der Waals surface area contributed by atoms with E-state index < -0.39 is 11.6 Å². The van der Waals surface area contributed by atoms with Gasteiger partial charge in [0.1, 0.15) is 5.54 Å². The second-order valence-corrected chi connectivity index (χ2v) is 6.62. The van der Waals surface area contributed by atoms with E-state index in [9.17, 15) is 14.4 Å². The van der Waals surface area contributed by atoms with Crippen molar-refractivity contribution in [1.29, 1.82) is 0 Å². The third-order valence-electron chi connectivity index (χ3n) is 4.76. The van der Waals surface area contributed by atoms with Crippen molar-refractivity contribution in [1.82, 2.24) is 16.0 Å². The van der Waals surface area contributed by atoms with Crippen molar-refractivity contribution in [2.75, 3.05) is 5.32 Å². The van der Waals surface area contributed by atoms with Crippen LogP contribution in [0.1, 0.15) is 16.7 Å². The Morgan fingerprint density at radius 3 is 2.54 bits per heavy atom. The number of amides is 5. The largest absolute Gasteiger partial charge is 0.334 e. The number of carbonyl (C=O) groups excluding carboxylic acids is 3. The second kappa shape index (κ2) is 6.18. The minimum Gasteiger partial charge on any atom is -0.334 e. The van der Waals surface area contributed by atoms with Crippen molar-refractivity contribution in [3.05, 3.63) is 65.2 Å². The first-order valence-corrected chi connectivity index (χ1v) is 8.38. The van der Waals surface area contributed by atoms with Crippen molar-refractivity contribution in [2.45, 2.75) is 24.9 Å². The summed E-state index contributed by atoms with van der Waals surface area (Å²) in [5, 5.41) is 10.6. The van der Waals surface area contributed by atoms with Crippen LogP contribution in [0.4, 0.5) is 15.3 Å². The lowest BCUT2D eigenvalue weighted by Crippen LogP contribution is -2.47. The Morgan fingerprint density at radius 1 is 1.04 bits per heavy atom. The van der Waals surface area contributed by atoms with Gasteiger partial charge in [0.15, 0.2) is 0 Å². The summed E-state index contributed by atoms with van der Waals surface area (Å²) >= 11 is 0. The van der Waals surface area contributed by atoms with E-state index in [0.717, 1.165) is 16.7 Å². The molecule has 1 heterocycles. The predicted molar refractivity (Wildman–Crippen MR) is 95.6 cm³/mol. The fourth-order valence-corrected chi connectivity index (χ4v) is 3.48. The Hall–Kier alpha value is -3.35. The smallest absolute Gasteiger partial charge is 0.322 e. The molecule has 7 nitrogen and oxygen atoms in total. The molecule has 0 saturated carbocycles. The van der Waals surface area contributed by atoms with Crippen LogP contribution >= 0.6 is 0 Å². The normalized spacial score (nSPS) is 20.5. The van der Waals surface area contributed by atoms with Crippen molar-refractivity contribution in [3.8, 4) is 0 Å². The molecule has 2 aliphatic rings. The molecule has 1 aliphatic carbocycles. The van der Waals surface area contributed by atoms with E-state index in [0.29, 0.717) is 25.1 Å². The topological polar surface area (TPSA) is 99.3 Å². The summed E-state index contributed by atoms with van der Waals surface area (Å²) in [7, 11) is 0. The number of benzene rings is 2. The maximum atomic E-state index is 12.1. The Labute approximate surface area is 150 Å². The third-order valence-corrected chi connectivity index (χ3v) is 4.76. The second-order valence-electron chi connectivity index (χ2n) is 6.62. The van der Waals surface area contributed by atoms with E-state index in [1.165, 1.54) is 0 Å². The van der Waals surface area contributed by atoms with E-state index in [1.54, 1.807) is 6.07 Å². The summed E-state index contributed by atoms with van der Waals surface area (Å²) in [4.78, 5) is 35.6. The molecule has 0 aromatic heterocycles. The van der Waals surface area contributed by atoms with Crippen LogP contribution in [0, 0.1) is 0 Å². The number of hydrogen-bond acceptors (Lipinski definition) is 3. The third kappa shape index (κ3) is 2.99. The summed E-state index contributed by atoms with van der Waals surface area (Å²) in [5.74, 6) is -0.297. The zero-order valence-electron chi connectivity index (χ0n) is 14.0. The number of imide groups is 1. The highest BCUT2D eigenvalue weighted by atomic mass is 16.2. The van der Waals surface area contributed by atoms with Gasteiger partial charge in [0.25, 0.3) is 5.91 Å². The van der Waals surface area contributed by atoms with Gasteiger partial charge in [-0.25, -0.2) is 9.59 Å². The Bertz CT molecular complexity index is 897. The molecule has 1 atom stereocenters. The molecule has 1 unspecified atom stereocenters. The molecule has 5 amide bonds. The number of anilines is 1. The fourth-order valence-electron chi connectivity index (χ4n) is 3.48. The molecule has 1 fully saturated rings. The quantitative estimate of drug-likeness (QED) is 0.634. The average Bonchev–Trinajstić information content (AvgIpc) is 3.12. The first-order chi connectivity index (χ1) is 12.5. The number of nitrogens with one attached hydrogen (secondary N) is 4. The maximum absolute atomic E-state index is 12.1. The number of fused-ring (bicyclic) bond motifs is 1. The van der Waals surface area contributed by atoms with Crippen LogP contribution in [0.15, 0.2) is 48.5 Å². The SMILES string of the molecule is O=C(NCc1ccccc1)Nc1ccc2c(c1)CC1(C2)NC(=O)NC1=O. The van der Waals surface area contributed by atoms with Crippen LogP contribution in [0.3, 0.4) is 0 Å². The zero-order chi connectivity index (χ0) is 18.1. The molecule has 0 radical (unpaired) electrons. The standard InChI is InChI=1S/C19H18N4O3/c24-16-19(23-18(26)22-16)9-13-6-7-15(8-14(13)10-19)21-17(25)20-11-12-4-2-1-3-5-12/h1-8H,9-11H2,(H2,20,21,25)(H2,22,23,24,26). The summed E-state index contributed by atoms with van der Waals surface area (Å²) in [5.41, 5.74) is 2.71. The van der Waals surface area contributed by atoms with Crippen molar-refractivity contribution >= 4 is 23.7 Å². The Kier molecular flexibility index (Phi) is 3.84. The van der Waals surface area contributed by atoms with Gasteiger partial charge in [-0.3, -0.25) is 10.1 Å². The van der Waals surface area contributed by atoms with Crippen molar-refractivity contribution in [3.63, 3.8) is 0 Å². The van der Waals surface area contributed by atoms with Gasteiger partial charge in [-0.05, 0) is 28.8 Å². The van der Waals surface area contributed by atoms with Crippen LogP contribution in [0.2, 0.25) is 0 Å². The van der Waals surface area contributed by atoms with Crippen LogP contribution in [-0.4, -0.2) is 23.5 Å². The molecule has 1 saturated heterocycles. The molecule has 1 spiro atoms. The molecule has 4 N–H and O–H groups in total. The molecule has 4 rings (SSSR count). The van der Waals surface area contributed by atoms with Crippen LogP contribution < -0.4 is 21.3 Å². The van der Waals surface area contributed by atoms with Gasteiger partial charge in [0.2, 0.25) is 0 Å². The van der Waals surface area contributed by atoms with Gasteiger partial charge in [0.05, 0.1) is 0 Å². The summed E-state index contributed by atoms with van der Waals surface area (Å²) in [6.45, 7) is 0.437. The van der Waals surface area contributed by atoms with Gasteiger partial charge < -0.3 is 16.0 Å². The number of carbonyl (C=O) groups is 3. The molecule has 132 valence electrons. The fraction of sp³-hybridized carbons (Fsp3) is 0.211. The molecule has 2 aromatic carbocycles. The first kappa shape index (κ1) is 16.1. The molecule has 26 heavy (non-hydrogen) atoms. The van der Waals surface area contributed by atoms with Crippen LogP contribution in [0.25, 0.3) is 0 Å². The number of rotatable bonds is 3. The number of hydrogen-bond donors (Lipinski definition) is 4. The highest BCUT2D eigenvalue weighted by molar-refractivity contribution is 6.07. The average molecular weight is 350 g/mol. The molecule has 2 aromatic rings. The summed E-state index contributed by atoms with van der Waals surface area (Å²) < 4.78 is 0. The lowest BCUT2D eigenvalue weighted by Gasteiger charge is -2.18. The highest BCUT2D eigenvalue weighted by Crippen LogP contribution is 2.33. The summed E-state index contributed by atoms with van der Waals surface area (Å²) in [6.07, 6.45) is 0.876. The number of urea groups is 2. The van der Waals surface area contributed by atoms with Gasteiger partial charge in [-0.2, -0.15) is 0 Å². The highest BCUT2D eigenvalue weighted by Gasteiger charge is 2.49. The predicted octanol–water partition coefficient (Wildman–Crippen LogP) is 1.69. The van der Waals surface area contributed by atoms with E-state index in [2.05, 4.69) is 21.3 Å². The van der Waals surface area contributed by atoms with Gasteiger partial charge >= 0.3 is 12.1 Å². The van der Waals surface area contributed by atoms with E-state index >= 15 is 0 Å². The minimum absolute atomic E-state index is 0.297. The van der Waals surface area contributed by atoms with Crippen LogP contribution in [0.5, 0.6) is 0 Å². The molecular formula is C19H18N4O3. The Morgan fingerprint density at radius 2 is 1.81 bits per heavy atom. The van der Waals surface area contributed by atoms with Gasteiger partial charge in [-0.1, -0.05) is 36.4 Å². The van der Waals surface area contributed by atoms with Gasteiger partial charge in [0, 0.05) is 25.1 Å². The molecule has 1 aliphatic heterocycles. The summed E-state index contributed by atoms with van der Waals surface area (Å²) in [6, 6.07) is 14.4. The molecule has 7 heteroatoms. The van der Waals surface area contributed by atoms with Crippen molar-refractivity contribution in [2.24, 2.45) is 0 Å². The molecule has 0 bridgehead atoms. The maximum Gasteiger partial charge on any atom is 0.322 e. The lowest BCUT2D eigenvalue weighted by atomic mass is 9.96. The monoisotopic (exact) mass is 350 g/mol. The zero-order valence-corrected chi connectivity index (χ0v) is 14.0. The lowest BCUT2D eigenvalue weighted by molar-refractivity contribution is -0.123. The van der Waals surface area contributed by atoms with E-state index in [4.69, 9.17) is 0 Å². The van der Waals surface area contributed by atoms with Crippen LogP contribution in [-0.2, 0) is 24.2 Å². The van der Waals surface area contributed by atoms with E-state index in [1.807, 2.05) is 42.5 Å². The first-order valence-electron chi connectivity index (χ1n) is 8.38. The van der Waals surface area contributed by atoms with Crippen molar-refractivity contribution < 1.29 is 14.4 Å².